The van der Waals surface area contributed by atoms with Gasteiger partial charge in [0.05, 0.1) is 0 Å². The van der Waals surface area contributed by atoms with E-state index in [9.17, 15) is 4.79 Å². The third kappa shape index (κ3) is 3.10. The van der Waals surface area contributed by atoms with Gasteiger partial charge in [-0.05, 0) is 24.5 Å². The molecule has 1 fully saturated rings. The summed E-state index contributed by atoms with van der Waals surface area (Å²) >= 11 is 0. The summed E-state index contributed by atoms with van der Waals surface area (Å²) in [5.41, 5.74) is 1.23. The summed E-state index contributed by atoms with van der Waals surface area (Å²) in [7, 11) is 0. The van der Waals surface area contributed by atoms with Crippen molar-refractivity contribution in [1.82, 2.24) is 15.2 Å². The number of hydrogen-bond donors (Lipinski definition) is 2. The van der Waals surface area contributed by atoms with Crippen LogP contribution in [0.4, 0.5) is 0 Å². The molecule has 1 aromatic heterocycles. The van der Waals surface area contributed by atoms with Crippen LogP contribution in [0, 0.1) is 0 Å². The molecule has 0 atom stereocenters. The van der Waals surface area contributed by atoms with Gasteiger partial charge in [-0.25, -0.2) is 0 Å². The summed E-state index contributed by atoms with van der Waals surface area (Å²) in [6.45, 7) is 3.50. The predicted octanol–water partition coefficient (Wildman–Crippen LogP) is 1.12. The van der Waals surface area contributed by atoms with Gasteiger partial charge in [0.1, 0.15) is 0 Å². The molecule has 4 heteroatoms. The van der Waals surface area contributed by atoms with Crippen molar-refractivity contribution in [3.8, 4) is 0 Å². The SMILES string of the molecule is O=C(CCNCc1cc[nH]c1)N1CCCC1. The lowest BCUT2D eigenvalue weighted by Gasteiger charge is -2.14. The van der Waals surface area contributed by atoms with Gasteiger partial charge in [-0.2, -0.15) is 0 Å². The number of nitrogens with one attached hydrogen (secondary N) is 2. The van der Waals surface area contributed by atoms with E-state index in [1.54, 1.807) is 0 Å². The minimum Gasteiger partial charge on any atom is -0.367 e. The number of aromatic nitrogens is 1. The minimum atomic E-state index is 0.291. The van der Waals surface area contributed by atoms with Gasteiger partial charge in [0.2, 0.25) is 5.91 Å². The fourth-order valence-electron chi connectivity index (χ4n) is 2.02. The largest absolute Gasteiger partial charge is 0.367 e. The third-order valence-corrected chi connectivity index (χ3v) is 2.97. The number of rotatable bonds is 5. The first-order valence-corrected chi connectivity index (χ1v) is 5.96. The lowest BCUT2D eigenvalue weighted by Crippen LogP contribution is -2.30. The Morgan fingerprint density at radius 1 is 1.44 bits per heavy atom. The molecule has 1 aliphatic rings. The molecule has 0 saturated carbocycles. The van der Waals surface area contributed by atoms with Crippen molar-refractivity contribution in [2.24, 2.45) is 0 Å². The van der Waals surface area contributed by atoms with Gasteiger partial charge < -0.3 is 15.2 Å². The van der Waals surface area contributed by atoms with Crippen molar-refractivity contribution in [2.75, 3.05) is 19.6 Å². The van der Waals surface area contributed by atoms with Gasteiger partial charge >= 0.3 is 0 Å². The van der Waals surface area contributed by atoms with E-state index in [4.69, 9.17) is 0 Å². The van der Waals surface area contributed by atoms with Crippen LogP contribution in [0.2, 0.25) is 0 Å². The third-order valence-electron chi connectivity index (χ3n) is 2.97. The number of hydrogen-bond acceptors (Lipinski definition) is 2. The van der Waals surface area contributed by atoms with Gasteiger partial charge in [-0.15, -0.1) is 0 Å². The van der Waals surface area contributed by atoms with Crippen LogP contribution in [-0.2, 0) is 11.3 Å². The van der Waals surface area contributed by atoms with Crippen LogP contribution < -0.4 is 5.32 Å². The second-order valence-electron chi connectivity index (χ2n) is 4.23. The van der Waals surface area contributed by atoms with E-state index in [0.717, 1.165) is 26.2 Å². The summed E-state index contributed by atoms with van der Waals surface area (Å²) in [5, 5.41) is 3.27. The van der Waals surface area contributed by atoms with Crippen molar-refractivity contribution in [3.63, 3.8) is 0 Å². The maximum atomic E-state index is 11.7. The van der Waals surface area contributed by atoms with Gasteiger partial charge in [0.15, 0.2) is 0 Å². The molecule has 2 rings (SSSR count). The number of H-pyrrole nitrogens is 1. The van der Waals surface area contributed by atoms with Crippen molar-refractivity contribution >= 4 is 5.91 Å². The van der Waals surface area contributed by atoms with Crippen molar-refractivity contribution < 1.29 is 4.79 Å². The summed E-state index contributed by atoms with van der Waals surface area (Å²) in [4.78, 5) is 16.7. The van der Waals surface area contributed by atoms with E-state index in [-0.39, 0.29) is 0 Å². The molecule has 0 spiro atoms. The fourth-order valence-corrected chi connectivity index (χ4v) is 2.02. The lowest BCUT2D eigenvalue weighted by molar-refractivity contribution is -0.130. The van der Waals surface area contributed by atoms with Gasteiger partial charge in [0, 0.05) is 45.0 Å². The van der Waals surface area contributed by atoms with Crippen LogP contribution in [0.25, 0.3) is 0 Å². The highest BCUT2D eigenvalue weighted by molar-refractivity contribution is 5.76. The standard InChI is InChI=1S/C12H19N3O/c16-12(15-7-1-2-8-15)4-6-14-10-11-3-5-13-9-11/h3,5,9,13-14H,1-2,4,6-8,10H2. The molecule has 0 unspecified atom stereocenters. The van der Waals surface area contributed by atoms with Crippen LogP contribution in [0.1, 0.15) is 24.8 Å². The van der Waals surface area contributed by atoms with Crippen molar-refractivity contribution in [3.05, 3.63) is 24.0 Å². The summed E-state index contributed by atoms with van der Waals surface area (Å²) in [6, 6.07) is 2.04. The highest BCUT2D eigenvalue weighted by atomic mass is 16.2. The normalized spacial score (nSPS) is 15.6. The molecule has 1 amide bonds. The second kappa shape index (κ2) is 5.70. The first-order valence-electron chi connectivity index (χ1n) is 5.96. The second-order valence-corrected chi connectivity index (χ2v) is 4.23. The lowest BCUT2D eigenvalue weighted by atomic mass is 10.3. The van der Waals surface area contributed by atoms with Gasteiger partial charge in [-0.1, -0.05) is 0 Å². The highest BCUT2D eigenvalue weighted by Gasteiger charge is 2.16. The Morgan fingerprint density at radius 3 is 2.94 bits per heavy atom. The maximum Gasteiger partial charge on any atom is 0.223 e. The fraction of sp³-hybridized carbons (Fsp3) is 0.583. The zero-order valence-corrected chi connectivity index (χ0v) is 9.54. The van der Waals surface area contributed by atoms with Crippen molar-refractivity contribution in [1.29, 1.82) is 0 Å². The molecule has 1 aliphatic heterocycles. The summed E-state index contributed by atoms with van der Waals surface area (Å²) in [5.74, 6) is 0.291. The highest BCUT2D eigenvalue weighted by Crippen LogP contribution is 2.08. The van der Waals surface area contributed by atoms with Crippen LogP contribution >= 0.6 is 0 Å². The monoisotopic (exact) mass is 221 g/mol. The van der Waals surface area contributed by atoms with Crippen LogP contribution in [0.3, 0.4) is 0 Å². The van der Waals surface area contributed by atoms with Gasteiger partial charge in [0.25, 0.3) is 0 Å². The van der Waals surface area contributed by atoms with Crippen LogP contribution in [-0.4, -0.2) is 35.4 Å². The Morgan fingerprint density at radius 2 is 2.25 bits per heavy atom. The Balaban J connectivity index is 1.59. The molecule has 2 heterocycles. The van der Waals surface area contributed by atoms with Gasteiger partial charge in [-0.3, -0.25) is 4.79 Å². The van der Waals surface area contributed by atoms with Crippen LogP contribution in [0.5, 0.6) is 0 Å². The molecule has 1 saturated heterocycles. The predicted molar refractivity (Wildman–Crippen MR) is 62.9 cm³/mol. The smallest absolute Gasteiger partial charge is 0.223 e. The van der Waals surface area contributed by atoms with Crippen LogP contribution in [0.15, 0.2) is 18.5 Å². The number of carbonyl (C=O) groups is 1. The molecular weight excluding hydrogens is 202 g/mol. The van der Waals surface area contributed by atoms with E-state index in [1.807, 2.05) is 23.4 Å². The van der Waals surface area contributed by atoms with Crippen molar-refractivity contribution in [2.45, 2.75) is 25.8 Å². The molecule has 0 radical (unpaired) electrons. The molecule has 4 nitrogen and oxygen atoms in total. The molecule has 88 valence electrons. The Kier molecular flexibility index (Phi) is 3.99. The quantitative estimate of drug-likeness (QED) is 0.732. The average Bonchev–Trinajstić information content (AvgIpc) is 2.96. The first-order chi connectivity index (χ1) is 7.86. The first kappa shape index (κ1) is 11.2. The van der Waals surface area contributed by atoms with E-state index in [0.29, 0.717) is 12.3 Å². The molecule has 1 aromatic rings. The molecular formula is C12H19N3O. The average molecular weight is 221 g/mol. The molecule has 0 aliphatic carbocycles. The van der Waals surface area contributed by atoms with E-state index in [2.05, 4.69) is 10.3 Å². The zero-order chi connectivity index (χ0) is 11.2. The van der Waals surface area contributed by atoms with E-state index >= 15 is 0 Å². The Hall–Kier alpha value is -1.29. The Bertz CT molecular complexity index is 315. The van der Waals surface area contributed by atoms with E-state index < -0.39 is 0 Å². The number of nitrogens with zero attached hydrogens (tertiary/aromatic N) is 1. The molecule has 0 aromatic carbocycles. The minimum absolute atomic E-state index is 0.291. The summed E-state index contributed by atoms with van der Waals surface area (Å²) in [6.07, 6.45) is 6.83. The topological polar surface area (TPSA) is 48.1 Å². The zero-order valence-electron chi connectivity index (χ0n) is 9.54. The van der Waals surface area contributed by atoms with E-state index in [1.165, 1.54) is 18.4 Å². The number of aromatic amines is 1. The Labute approximate surface area is 96.0 Å². The molecule has 0 bridgehead atoms. The number of amides is 1. The number of likely N-dealkylation sites (tertiary alicyclic amines) is 1. The summed E-state index contributed by atoms with van der Waals surface area (Å²) < 4.78 is 0. The molecule has 16 heavy (non-hydrogen) atoms. The maximum absolute atomic E-state index is 11.7. The number of carbonyl (C=O) groups excluding carboxylic acids is 1. The molecule has 2 N–H and O–H groups in total.